The summed E-state index contributed by atoms with van der Waals surface area (Å²) in [5, 5.41) is 4.06. The topological polar surface area (TPSA) is 55.3 Å². The van der Waals surface area contributed by atoms with Crippen LogP contribution in [0.15, 0.2) is 0 Å². The molecule has 2 unspecified atom stereocenters. The normalized spacial score (nSPS) is 23.9. The molecule has 0 radical (unpaired) electrons. The molecule has 106 valence electrons. The molecule has 1 aliphatic heterocycles. The molecule has 2 atom stereocenters. The molecule has 0 bridgehead atoms. The van der Waals surface area contributed by atoms with Crippen molar-refractivity contribution in [1.82, 2.24) is 14.5 Å². The zero-order chi connectivity index (χ0) is 14.0. The van der Waals surface area contributed by atoms with E-state index in [4.69, 9.17) is 16.3 Å². The summed E-state index contributed by atoms with van der Waals surface area (Å²) in [6.45, 7) is 7.05. The molecule has 1 aliphatic rings. The Morgan fingerprint density at radius 1 is 1.63 bits per heavy atom. The zero-order valence-corrected chi connectivity index (χ0v) is 12.9. The number of nitrogens with zero attached hydrogens (tertiary/aromatic N) is 3. The van der Waals surface area contributed by atoms with Gasteiger partial charge in [0, 0.05) is 6.54 Å². The molecule has 0 aliphatic carbocycles. The molecule has 1 aromatic rings. The lowest BCUT2D eigenvalue weighted by atomic mass is 10.1. The summed E-state index contributed by atoms with van der Waals surface area (Å²) in [6.07, 6.45) is -0.0924. The average molecular weight is 304 g/mol. The number of amides is 1. The molecular weight excluding hydrogens is 286 g/mol. The van der Waals surface area contributed by atoms with Gasteiger partial charge in [0.1, 0.15) is 4.88 Å². The molecule has 7 heteroatoms. The SMILES string of the molecule is CC(C)c1nnsc1C(=O)N1CC(CCl)OCC1C. The first-order valence-electron chi connectivity index (χ1n) is 6.35. The van der Waals surface area contributed by atoms with Crippen molar-refractivity contribution in [2.24, 2.45) is 0 Å². The summed E-state index contributed by atoms with van der Waals surface area (Å²) >= 11 is 6.98. The minimum Gasteiger partial charge on any atom is -0.373 e. The molecule has 2 rings (SSSR count). The average Bonchev–Trinajstić information content (AvgIpc) is 2.88. The maximum absolute atomic E-state index is 12.6. The predicted octanol–water partition coefficient (Wildman–Crippen LogP) is 2.13. The third-order valence-corrected chi connectivity index (χ3v) is 4.27. The summed E-state index contributed by atoms with van der Waals surface area (Å²) in [5.41, 5.74) is 0.774. The van der Waals surface area contributed by atoms with Crippen LogP contribution in [0.3, 0.4) is 0 Å². The van der Waals surface area contributed by atoms with Crippen LogP contribution in [0.1, 0.15) is 42.1 Å². The van der Waals surface area contributed by atoms with Crippen LogP contribution in [0.4, 0.5) is 0 Å². The quantitative estimate of drug-likeness (QED) is 0.803. The van der Waals surface area contributed by atoms with E-state index in [1.807, 2.05) is 25.7 Å². The first-order chi connectivity index (χ1) is 9.04. The van der Waals surface area contributed by atoms with Crippen LogP contribution in [0.2, 0.25) is 0 Å². The minimum atomic E-state index is -0.0924. The Hall–Kier alpha value is -0.720. The van der Waals surface area contributed by atoms with Crippen molar-refractivity contribution in [2.75, 3.05) is 19.0 Å². The fourth-order valence-electron chi connectivity index (χ4n) is 2.05. The van der Waals surface area contributed by atoms with Crippen molar-refractivity contribution in [3.05, 3.63) is 10.6 Å². The molecule has 2 heterocycles. The number of rotatable bonds is 3. The van der Waals surface area contributed by atoms with E-state index in [0.717, 1.165) is 17.2 Å². The third kappa shape index (κ3) is 3.07. The van der Waals surface area contributed by atoms with Gasteiger partial charge in [0.05, 0.1) is 30.3 Å². The fourth-order valence-corrected chi connectivity index (χ4v) is 3.01. The maximum atomic E-state index is 12.6. The molecule has 19 heavy (non-hydrogen) atoms. The Morgan fingerprint density at radius 2 is 2.37 bits per heavy atom. The van der Waals surface area contributed by atoms with Crippen LogP contribution in [-0.2, 0) is 4.74 Å². The number of halogens is 1. The zero-order valence-electron chi connectivity index (χ0n) is 11.3. The van der Waals surface area contributed by atoms with Gasteiger partial charge >= 0.3 is 0 Å². The van der Waals surface area contributed by atoms with Gasteiger partial charge < -0.3 is 9.64 Å². The summed E-state index contributed by atoms with van der Waals surface area (Å²) in [6, 6.07) is 0.0501. The van der Waals surface area contributed by atoms with E-state index >= 15 is 0 Å². The van der Waals surface area contributed by atoms with Crippen molar-refractivity contribution in [1.29, 1.82) is 0 Å². The van der Waals surface area contributed by atoms with E-state index in [1.165, 1.54) is 0 Å². The molecule has 1 amide bonds. The Kier molecular flexibility index (Phi) is 4.76. The number of carbonyl (C=O) groups is 1. The van der Waals surface area contributed by atoms with Crippen LogP contribution in [0, 0.1) is 0 Å². The summed E-state index contributed by atoms with van der Waals surface area (Å²) in [7, 11) is 0. The van der Waals surface area contributed by atoms with Gasteiger partial charge in [0.15, 0.2) is 0 Å². The van der Waals surface area contributed by atoms with Gasteiger partial charge in [-0.1, -0.05) is 18.3 Å². The molecular formula is C12H18ClN3O2S. The first kappa shape index (κ1) is 14.7. The Morgan fingerprint density at radius 3 is 3.00 bits per heavy atom. The van der Waals surface area contributed by atoms with Gasteiger partial charge in [0.2, 0.25) is 0 Å². The van der Waals surface area contributed by atoms with Gasteiger partial charge in [-0.05, 0) is 24.4 Å². The van der Waals surface area contributed by atoms with Crippen molar-refractivity contribution in [3.8, 4) is 0 Å². The lowest BCUT2D eigenvalue weighted by Gasteiger charge is -2.37. The second-order valence-corrected chi connectivity index (χ2v) is 6.12. The highest BCUT2D eigenvalue weighted by Crippen LogP contribution is 2.24. The predicted molar refractivity (Wildman–Crippen MR) is 75.0 cm³/mol. The van der Waals surface area contributed by atoms with Crippen LogP contribution >= 0.6 is 23.1 Å². The Labute approximate surface area is 122 Å². The molecule has 1 saturated heterocycles. The van der Waals surface area contributed by atoms with E-state index in [1.54, 1.807) is 0 Å². The minimum absolute atomic E-state index is 0.00961. The summed E-state index contributed by atoms with van der Waals surface area (Å²) in [4.78, 5) is 15.1. The van der Waals surface area contributed by atoms with Gasteiger partial charge in [-0.25, -0.2) is 0 Å². The van der Waals surface area contributed by atoms with Gasteiger partial charge in [-0.3, -0.25) is 4.79 Å². The lowest BCUT2D eigenvalue weighted by Crippen LogP contribution is -2.51. The number of alkyl halides is 1. The standard InChI is InChI=1S/C12H18ClN3O2S/c1-7(2)10-11(19-15-14-10)12(17)16-5-9(4-13)18-6-8(16)3/h7-9H,4-6H2,1-3H3. The smallest absolute Gasteiger partial charge is 0.267 e. The largest absolute Gasteiger partial charge is 0.373 e. The summed E-state index contributed by atoms with van der Waals surface area (Å²) in [5.74, 6) is 0.580. The third-order valence-electron chi connectivity index (χ3n) is 3.19. The van der Waals surface area contributed by atoms with Crippen LogP contribution < -0.4 is 0 Å². The Balaban J connectivity index is 2.20. The van der Waals surface area contributed by atoms with Crippen molar-refractivity contribution >= 4 is 29.0 Å². The van der Waals surface area contributed by atoms with E-state index in [-0.39, 0.29) is 24.0 Å². The molecule has 0 saturated carbocycles. The monoisotopic (exact) mass is 303 g/mol. The van der Waals surface area contributed by atoms with Gasteiger partial charge in [-0.15, -0.1) is 16.7 Å². The fraction of sp³-hybridized carbons (Fsp3) is 0.750. The highest BCUT2D eigenvalue weighted by Gasteiger charge is 2.32. The lowest BCUT2D eigenvalue weighted by molar-refractivity contribution is -0.0370. The van der Waals surface area contributed by atoms with Crippen LogP contribution in [-0.4, -0.2) is 51.6 Å². The van der Waals surface area contributed by atoms with E-state index < -0.39 is 0 Å². The van der Waals surface area contributed by atoms with Crippen molar-refractivity contribution < 1.29 is 9.53 Å². The van der Waals surface area contributed by atoms with Crippen LogP contribution in [0.5, 0.6) is 0 Å². The molecule has 0 aromatic carbocycles. The number of hydrogen-bond donors (Lipinski definition) is 0. The number of carbonyl (C=O) groups excluding carboxylic acids is 1. The maximum Gasteiger partial charge on any atom is 0.267 e. The molecule has 1 fully saturated rings. The number of aromatic nitrogens is 2. The number of ether oxygens (including phenoxy) is 1. The van der Waals surface area contributed by atoms with Gasteiger partial charge in [0.25, 0.3) is 5.91 Å². The second-order valence-electron chi connectivity index (χ2n) is 5.06. The molecule has 1 aromatic heterocycles. The van der Waals surface area contributed by atoms with Crippen LogP contribution in [0.25, 0.3) is 0 Å². The first-order valence-corrected chi connectivity index (χ1v) is 7.66. The second kappa shape index (κ2) is 6.15. The number of morpholine rings is 1. The highest BCUT2D eigenvalue weighted by atomic mass is 35.5. The Bertz CT molecular complexity index is 452. The number of hydrogen-bond acceptors (Lipinski definition) is 5. The highest BCUT2D eigenvalue weighted by molar-refractivity contribution is 7.08. The van der Waals surface area contributed by atoms with Crippen molar-refractivity contribution in [3.63, 3.8) is 0 Å². The van der Waals surface area contributed by atoms with Crippen molar-refractivity contribution in [2.45, 2.75) is 38.8 Å². The van der Waals surface area contributed by atoms with Gasteiger partial charge in [-0.2, -0.15) is 0 Å². The van der Waals surface area contributed by atoms with E-state index in [2.05, 4.69) is 9.59 Å². The van der Waals surface area contributed by atoms with E-state index in [0.29, 0.717) is 23.9 Å². The molecule has 0 spiro atoms. The van der Waals surface area contributed by atoms with E-state index in [9.17, 15) is 4.79 Å². The molecule has 5 nitrogen and oxygen atoms in total. The summed E-state index contributed by atoms with van der Waals surface area (Å²) < 4.78 is 9.47. The molecule has 0 N–H and O–H groups in total.